The molecule has 7 heteroatoms. The highest BCUT2D eigenvalue weighted by molar-refractivity contribution is 7.99. The minimum absolute atomic E-state index is 0.325. The molecule has 0 amide bonds. The molecule has 0 spiro atoms. The number of hydrogen-bond acceptors (Lipinski definition) is 6. The number of ketones is 2. The molecule has 1 N–H and O–H groups in total. The molecule has 0 aliphatic heterocycles. The molecule has 0 aliphatic carbocycles. The average Bonchev–Trinajstić information content (AvgIpc) is 3.08. The lowest BCUT2D eigenvalue weighted by atomic mass is 10.0. The molecule has 3 rings (SSSR count). The van der Waals surface area contributed by atoms with Crippen LogP contribution in [-0.2, 0) is 0 Å². The Hall–Kier alpha value is -2.80. The fourth-order valence-corrected chi connectivity index (χ4v) is 2.66. The Morgan fingerprint density at radius 1 is 0.909 bits per heavy atom. The summed E-state index contributed by atoms with van der Waals surface area (Å²) in [4.78, 5) is 25.4. The molecule has 22 heavy (non-hydrogen) atoms. The van der Waals surface area contributed by atoms with Crippen molar-refractivity contribution in [2.24, 2.45) is 0 Å². The molecule has 0 fully saturated rings. The van der Waals surface area contributed by atoms with Gasteiger partial charge in [-0.25, -0.2) is 0 Å². The predicted molar refractivity (Wildman–Crippen MR) is 79.8 cm³/mol. The lowest BCUT2D eigenvalue weighted by Gasteiger charge is -2.05. The number of aromatic amines is 1. The molecule has 3 aromatic rings. The van der Waals surface area contributed by atoms with Crippen LogP contribution in [0.2, 0.25) is 0 Å². The van der Waals surface area contributed by atoms with Crippen LogP contribution in [0, 0.1) is 0 Å². The summed E-state index contributed by atoms with van der Waals surface area (Å²) in [5, 5.41) is 13.9. The monoisotopic (exact) mass is 310 g/mol. The first-order valence-corrected chi connectivity index (χ1v) is 7.22. The van der Waals surface area contributed by atoms with E-state index < -0.39 is 11.6 Å². The van der Waals surface area contributed by atoms with Crippen molar-refractivity contribution in [1.29, 1.82) is 0 Å². The number of rotatable bonds is 5. The van der Waals surface area contributed by atoms with Gasteiger partial charge in [0.15, 0.2) is 0 Å². The van der Waals surface area contributed by atoms with E-state index in [2.05, 4.69) is 20.6 Å². The van der Waals surface area contributed by atoms with Gasteiger partial charge in [0.05, 0.1) is 0 Å². The van der Waals surface area contributed by atoms with Gasteiger partial charge in [0, 0.05) is 16.0 Å². The van der Waals surface area contributed by atoms with Crippen LogP contribution in [0.3, 0.4) is 0 Å². The lowest BCUT2D eigenvalue weighted by Crippen LogP contribution is -2.15. The van der Waals surface area contributed by atoms with Crippen molar-refractivity contribution in [3.8, 4) is 0 Å². The number of carbonyl (C=O) groups excluding carboxylic acids is 2. The minimum Gasteiger partial charge on any atom is -0.285 e. The molecule has 1 aromatic heterocycles. The van der Waals surface area contributed by atoms with Crippen LogP contribution in [0.4, 0.5) is 0 Å². The summed E-state index contributed by atoms with van der Waals surface area (Å²) < 4.78 is 0. The van der Waals surface area contributed by atoms with E-state index in [-0.39, 0.29) is 0 Å². The Labute approximate surface area is 129 Å². The molecule has 0 aliphatic rings. The third-order valence-corrected chi connectivity index (χ3v) is 3.83. The number of nitrogens with zero attached hydrogens (tertiary/aromatic N) is 3. The summed E-state index contributed by atoms with van der Waals surface area (Å²) in [5.41, 5.74) is 0.693. The van der Waals surface area contributed by atoms with Crippen molar-refractivity contribution in [1.82, 2.24) is 20.6 Å². The number of tetrazole rings is 1. The second-order valence-corrected chi connectivity index (χ2v) is 5.33. The van der Waals surface area contributed by atoms with Gasteiger partial charge in [0.25, 0.3) is 0 Å². The van der Waals surface area contributed by atoms with E-state index in [4.69, 9.17) is 0 Å². The summed E-state index contributed by atoms with van der Waals surface area (Å²) in [6.45, 7) is 0. The normalized spacial score (nSPS) is 10.4. The number of benzene rings is 2. The van der Waals surface area contributed by atoms with E-state index in [1.165, 1.54) is 11.8 Å². The lowest BCUT2D eigenvalue weighted by molar-refractivity contribution is 0.0815. The van der Waals surface area contributed by atoms with Gasteiger partial charge in [-0.3, -0.25) is 9.59 Å². The SMILES string of the molecule is O=C(C(=O)c1ccccc1Sc1nn[nH]n1)c1ccccc1. The number of carbonyl (C=O) groups is 2. The van der Waals surface area contributed by atoms with Gasteiger partial charge in [-0.05, 0) is 29.1 Å². The van der Waals surface area contributed by atoms with Crippen LogP contribution in [-0.4, -0.2) is 32.2 Å². The molecular weight excluding hydrogens is 300 g/mol. The zero-order valence-electron chi connectivity index (χ0n) is 11.3. The van der Waals surface area contributed by atoms with Gasteiger partial charge < -0.3 is 0 Å². The molecule has 0 saturated carbocycles. The Bertz CT molecular complexity index is 803. The zero-order valence-corrected chi connectivity index (χ0v) is 12.1. The molecule has 0 bridgehead atoms. The fourth-order valence-electron chi connectivity index (χ4n) is 1.88. The second kappa shape index (κ2) is 6.31. The average molecular weight is 310 g/mol. The Morgan fingerprint density at radius 2 is 1.64 bits per heavy atom. The quantitative estimate of drug-likeness (QED) is 0.575. The molecular formula is C15H10N4O2S. The van der Waals surface area contributed by atoms with Gasteiger partial charge in [0.2, 0.25) is 16.7 Å². The summed E-state index contributed by atoms with van der Waals surface area (Å²) in [6.07, 6.45) is 0. The summed E-state index contributed by atoms with van der Waals surface area (Å²) in [7, 11) is 0. The van der Waals surface area contributed by atoms with Gasteiger partial charge in [0.1, 0.15) is 0 Å². The van der Waals surface area contributed by atoms with Crippen molar-refractivity contribution >= 4 is 23.3 Å². The van der Waals surface area contributed by atoms with E-state index in [1.54, 1.807) is 54.6 Å². The van der Waals surface area contributed by atoms with E-state index >= 15 is 0 Å². The standard InChI is InChI=1S/C15H10N4O2S/c20-13(10-6-2-1-3-7-10)14(21)11-8-4-5-9-12(11)22-15-16-18-19-17-15/h1-9H,(H,16,17,18,19). The van der Waals surface area contributed by atoms with Gasteiger partial charge in [-0.1, -0.05) is 42.5 Å². The molecule has 6 nitrogen and oxygen atoms in total. The van der Waals surface area contributed by atoms with E-state index in [1.807, 2.05) is 0 Å². The highest BCUT2D eigenvalue weighted by atomic mass is 32.2. The van der Waals surface area contributed by atoms with E-state index in [9.17, 15) is 9.59 Å². The first-order valence-electron chi connectivity index (χ1n) is 6.40. The van der Waals surface area contributed by atoms with Crippen LogP contribution >= 0.6 is 11.8 Å². The maximum Gasteiger partial charge on any atom is 0.235 e. The molecule has 108 valence electrons. The molecule has 0 atom stereocenters. The number of aromatic nitrogens is 4. The number of hydrogen-bond donors (Lipinski definition) is 1. The summed E-state index contributed by atoms with van der Waals surface area (Å²) in [5.74, 6) is -1.10. The smallest absolute Gasteiger partial charge is 0.235 e. The highest BCUT2D eigenvalue weighted by Crippen LogP contribution is 2.28. The van der Waals surface area contributed by atoms with Crippen LogP contribution in [0.25, 0.3) is 0 Å². The molecule has 2 aromatic carbocycles. The van der Waals surface area contributed by atoms with Gasteiger partial charge in [-0.2, -0.15) is 5.21 Å². The number of Topliss-reactive ketones (excluding diaryl/α,β-unsaturated/α-hetero) is 2. The fraction of sp³-hybridized carbons (Fsp3) is 0. The molecule has 0 unspecified atom stereocenters. The second-order valence-electron chi connectivity index (χ2n) is 4.32. The first kappa shape index (κ1) is 14.2. The molecule has 1 heterocycles. The third kappa shape index (κ3) is 2.94. The largest absolute Gasteiger partial charge is 0.285 e. The van der Waals surface area contributed by atoms with Crippen molar-refractivity contribution in [3.63, 3.8) is 0 Å². The van der Waals surface area contributed by atoms with Gasteiger partial charge in [-0.15, -0.1) is 10.2 Å². The topological polar surface area (TPSA) is 88.6 Å². The van der Waals surface area contributed by atoms with Crippen LogP contribution in [0.1, 0.15) is 20.7 Å². The first-order chi connectivity index (χ1) is 10.8. The van der Waals surface area contributed by atoms with Crippen molar-refractivity contribution < 1.29 is 9.59 Å². The summed E-state index contributed by atoms with van der Waals surface area (Å²) >= 11 is 1.17. The maximum atomic E-state index is 12.5. The Morgan fingerprint density at radius 3 is 2.36 bits per heavy atom. The number of nitrogens with one attached hydrogen (secondary N) is 1. The highest BCUT2D eigenvalue weighted by Gasteiger charge is 2.21. The van der Waals surface area contributed by atoms with Crippen LogP contribution in [0.5, 0.6) is 0 Å². The van der Waals surface area contributed by atoms with Crippen LogP contribution < -0.4 is 0 Å². The summed E-state index contributed by atoms with van der Waals surface area (Å²) in [6, 6.07) is 15.3. The zero-order chi connectivity index (χ0) is 15.4. The van der Waals surface area contributed by atoms with Crippen LogP contribution in [0.15, 0.2) is 64.6 Å². The Balaban J connectivity index is 1.91. The third-order valence-electron chi connectivity index (χ3n) is 2.90. The molecule has 0 saturated heterocycles. The van der Waals surface area contributed by atoms with Gasteiger partial charge >= 0.3 is 0 Å². The van der Waals surface area contributed by atoms with E-state index in [0.29, 0.717) is 21.2 Å². The Kier molecular flexibility index (Phi) is 4.06. The maximum absolute atomic E-state index is 12.5. The van der Waals surface area contributed by atoms with E-state index in [0.717, 1.165) is 0 Å². The minimum atomic E-state index is -0.558. The number of H-pyrrole nitrogens is 1. The predicted octanol–water partition coefficient (Wildman–Crippen LogP) is 2.42. The molecule has 0 radical (unpaired) electrons. The van der Waals surface area contributed by atoms with Crippen molar-refractivity contribution in [3.05, 3.63) is 65.7 Å². The van der Waals surface area contributed by atoms with Crippen molar-refractivity contribution in [2.75, 3.05) is 0 Å². The van der Waals surface area contributed by atoms with Crippen molar-refractivity contribution in [2.45, 2.75) is 10.1 Å².